The van der Waals surface area contributed by atoms with E-state index in [1.165, 1.54) is 0 Å². The summed E-state index contributed by atoms with van der Waals surface area (Å²) in [5.41, 5.74) is 0.980. The van der Waals surface area contributed by atoms with E-state index in [1.54, 1.807) is 0 Å². The van der Waals surface area contributed by atoms with Gasteiger partial charge in [-0.25, -0.2) is 0 Å². The van der Waals surface area contributed by atoms with E-state index >= 15 is 0 Å². The van der Waals surface area contributed by atoms with Gasteiger partial charge < -0.3 is 4.90 Å². The van der Waals surface area contributed by atoms with Crippen LogP contribution >= 0.6 is 0 Å². The van der Waals surface area contributed by atoms with Crippen molar-refractivity contribution in [3.63, 3.8) is 0 Å². The molecule has 0 aliphatic rings. The van der Waals surface area contributed by atoms with E-state index in [9.17, 15) is 4.79 Å². The first-order valence-electron chi connectivity index (χ1n) is 5.03. The highest BCUT2D eigenvalue weighted by atomic mass is 16.2. The molecule has 0 saturated heterocycles. The van der Waals surface area contributed by atoms with Gasteiger partial charge in [0.15, 0.2) is 0 Å². The Labute approximate surface area is 85.5 Å². The number of nitrogens with zero attached hydrogens (tertiary/aromatic N) is 1. The molecule has 0 bridgehead atoms. The molecule has 0 radical (unpaired) electrons. The fourth-order valence-electron chi connectivity index (χ4n) is 1.39. The molecule has 14 heavy (non-hydrogen) atoms. The molecular weight excluding hydrogens is 174 g/mol. The highest BCUT2D eigenvalue weighted by Crippen LogP contribution is 2.15. The van der Waals surface area contributed by atoms with E-state index in [4.69, 9.17) is 0 Å². The van der Waals surface area contributed by atoms with Crippen molar-refractivity contribution in [1.82, 2.24) is 0 Å². The summed E-state index contributed by atoms with van der Waals surface area (Å²) >= 11 is 0. The number of amides is 1. The van der Waals surface area contributed by atoms with Gasteiger partial charge >= 0.3 is 0 Å². The van der Waals surface area contributed by atoms with E-state index < -0.39 is 0 Å². The monoisotopic (exact) mass is 191 g/mol. The van der Waals surface area contributed by atoms with Crippen LogP contribution in [-0.4, -0.2) is 12.5 Å². The molecule has 0 aliphatic carbocycles. The summed E-state index contributed by atoms with van der Waals surface area (Å²) in [5, 5.41) is 0. The van der Waals surface area contributed by atoms with Crippen LogP contribution in [0.25, 0.3) is 0 Å². The number of para-hydroxylation sites is 1. The molecule has 0 saturated carbocycles. The molecule has 0 aliphatic heterocycles. The van der Waals surface area contributed by atoms with Crippen LogP contribution in [0.3, 0.4) is 0 Å². The third-order valence-corrected chi connectivity index (χ3v) is 2.14. The van der Waals surface area contributed by atoms with Gasteiger partial charge in [-0.15, -0.1) is 0 Å². The van der Waals surface area contributed by atoms with Crippen LogP contribution in [0.2, 0.25) is 0 Å². The van der Waals surface area contributed by atoms with Crippen molar-refractivity contribution in [2.45, 2.75) is 20.8 Å². The predicted molar refractivity (Wildman–Crippen MR) is 59.3 cm³/mol. The second-order valence-corrected chi connectivity index (χ2v) is 3.57. The minimum atomic E-state index is 0.0511. The molecule has 0 atom stereocenters. The number of carbonyl (C=O) groups excluding carboxylic acids is 1. The molecule has 0 fully saturated rings. The minimum Gasteiger partial charge on any atom is -0.312 e. The summed E-state index contributed by atoms with van der Waals surface area (Å²) in [6.07, 6.45) is 0. The first-order valence-corrected chi connectivity index (χ1v) is 5.03. The maximum atomic E-state index is 11.8. The van der Waals surface area contributed by atoms with E-state index in [1.807, 2.05) is 56.0 Å². The average Bonchev–Trinajstić information content (AvgIpc) is 2.20. The van der Waals surface area contributed by atoms with Crippen molar-refractivity contribution in [3.8, 4) is 0 Å². The van der Waals surface area contributed by atoms with Gasteiger partial charge in [0.25, 0.3) is 0 Å². The lowest BCUT2D eigenvalue weighted by atomic mass is 10.1. The fourth-order valence-corrected chi connectivity index (χ4v) is 1.39. The molecular formula is C12H17NO. The average molecular weight is 191 g/mol. The van der Waals surface area contributed by atoms with Crippen LogP contribution in [0, 0.1) is 5.92 Å². The molecule has 2 heteroatoms. The lowest BCUT2D eigenvalue weighted by Gasteiger charge is -2.22. The number of benzene rings is 1. The van der Waals surface area contributed by atoms with E-state index in [0.717, 1.165) is 12.2 Å². The van der Waals surface area contributed by atoms with E-state index in [2.05, 4.69) is 0 Å². The van der Waals surface area contributed by atoms with E-state index in [0.29, 0.717) is 0 Å². The zero-order valence-corrected chi connectivity index (χ0v) is 9.03. The van der Waals surface area contributed by atoms with Gasteiger partial charge in [0, 0.05) is 18.2 Å². The second kappa shape index (κ2) is 4.80. The standard InChI is InChI=1S/C12H17NO/c1-4-13(12(14)10(2)3)11-8-6-5-7-9-11/h5-10H,4H2,1-3H3. The second-order valence-electron chi connectivity index (χ2n) is 3.57. The van der Waals surface area contributed by atoms with Gasteiger partial charge in [-0.05, 0) is 19.1 Å². The number of hydrogen-bond acceptors (Lipinski definition) is 1. The summed E-state index contributed by atoms with van der Waals surface area (Å²) < 4.78 is 0. The summed E-state index contributed by atoms with van der Waals surface area (Å²) in [6, 6.07) is 9.78. The summed E-state index contributed by atoms with van der Waals surface area (Å²) in [7, 11) is 0. The fraction of sp³-hybridized carbons (Fsp3) is 0.417. The maximum Gasteiger partial charge on any atom is 0.229 e. The Morgan fingerprint density at radius 3 is 2.29 bits per heavy atom. The van der Waals surface area contributed by atoms with Crippen molar-refractivity contribution < 1.29 is 4.79 Å². The molecule has 1 rings (SSSR count). The molecule has 1 aromatic carbocycles. The van der Waals surface area contributed by atoms with Crippen LogP contribution in [0.1, 0.15) is 20.8 Å². The molecule has 76 valence electrons. The Morgan fingerprint density at radius 1 is 1.29 bits per heavy atom. The molecule has 0 aromatic heterocycles. The molecule has 0 heterocycles. The van der Waals surface area contributed by atoms with Gasteiger partial charge in [-0.3, -0.25) is 4.79 Å². The molecule has 0 unspecified atom stereocenters. The highest BCUT2D eigenvalue weighted by molar-refractivity contribution is 5.94. The van der Waals surface area contributed by atoms with E-state index in [-0.39, 0.29) is 11.8 Å². The van der Waals surface area contributed by atoms with Crippen molar-refractivity contribution >= 4 is 11.6 Å². The topological polar surface area (TPSA) is 20.3 Å². The Kier molecular flexibility index (Phi) is 3.69. The Bertz CT molecular complexity index is 292. The largest absolute Gasteiger partial charge is 0.312 e. The van der Waals surface area contributed by atoms with Gasteiger partial charge in [0.1, 0.15) is 0 Å². The first-order chi connectivity index (χ1) is 6.66. The van der Waals surface area contributed by atoms with Gasteiger partial charge in [-0.1, -0.05) is 32.0 Å². The number of anilines is 1. The lowest BCUT2D eigenvalue weighted by molar-refractivity contribution is -0.121. The lowest BCUT2D eigenvalue weighted by Crippen LogP contribution is -2.33. The first kappa shape index (κ1) is 10.8. The van der Waals surface area contributed by atoms with Crippen molar-refractivity contribution in [2.24, 2.45) is 5.92 Å². The zero-order valence-electron chi connectivity index (χ0n) is 9.03. The SMILES string of the molecule is CCN(C(=O)C(C)C)c1ccccc1. The van der Waals surface area contributed by atoms with Crippen molar-refractivity contribution in [2.75, 3.05) is 11.4 Å². The van der Waals surface area contributed by atoms with Gasteiger partial charge in [0.05, 0.1) is 0 Å². The molecule has 2 nitrogen and oxygen atoms in total. The number of hydrogen-bond donors (Lipinski definition) is 0. The molecule has 0 N–H and O–H groups in total. The van der Waals surface area contributed by atoms with Crippen LogP contribution in [0.5, 0.6) is 0 Å². The Hall–Kier alpha value is -1.31. The zero-order chi connectivity index (χ0) is 10.6. The smallest absolute Gasteiger partial charge is 0.229 e. The van der Waals surface area contributed by atoms with Gasteiger partial charge in [0.2, 0.25) is 5.91 Å². The molecule has 0 spiro atoms. The van der Waals surface area contributed by atoms with Crippen molar-refractivity contribution in [1.29, 1.82) is 0 Å². The van der Waals surface area contributed by atoms with Crippen LogP contribution in [0.15, 0.2) is 30.3 Å². The summed E-state index contributed by atoms with van der Waals surface area (Å²) in [4.78, 5) is 13.6. The van der Waals surface area contributed by atoms with Crippen LogP contribution < -0.4 is 4.90 Å². The van der Waals surface area contributed by atoms with Gasteiger partial charge in [-0.2, -0.15) is 0 Å². The normalized spacial score (nSPS) is 10.3. The van der Waals surface area contributed by atoms with Crippen molar-refractivity contribution in [3.05, 3.63) is 30.3 Å². The molecule has 1 aromatic rings. The highest BCUT2D eigenvalue weighted by Gasteiger charge is 2.16. The maximum absolute atomic E-state index is 11.8. The quantitative estimate of drug-likeness (QED) is 0.719. The summed E-state index contributed by atoms with van der Waals surface area (Å²) in [5.74, 6) is 0.230. The summed E-state index contributed by atoms with van der Waals surface area (Å²) in [6.45, 7) is 6.57. The third kappa shape index (κ3) is 2.34. The number of carbonyl (C=O) groups is 1. The molecule has 1 amide bonds. The van der Waals surface area contributed by atoms with Crippen LogP contribution in [0.4, 0.5) is 5.69 Å². The third-order valence-electron chi connectivity index (χ3n) is 2.14. The predicted octanol–water partition coefficient (Wildman–Crippen LogP) is 2.70. The van der Waals surface area contributed by atoms with Crippen LogP contribution in [-0.2, 0) is 4.79 Å². The Morgan fingerprint density at radius 2 is 1.86 bits per heavy atom. The minimum absolute atomic E-state index is 0.0511. The Balaban J connectivity index is 2.88. The number of rotatable bonds is 3.